The van der Waals surface area contributed by atoms with Gasteiger partial charge in [0.2, 0.25) is 5.95 Å². The lowest BCUT2D eigenvalue weighted by atomic mass is 10.1. The topological polar surface area (TPSA) is 47.1 Å². The maximum atomic E-state index is 5.96. The Labute approximate surface area is 126 Å². The summed E-state index contributed by atoms with van der Waals surface area (Å²) in [6.45, 7) is 7.15. The molecule has 2 heterocycles. The summed E-state index contributed by atoms with van der Waals surface area (Å²) in [5.74, 6) is 1.06. The first-order valence-corrected chi connectivity index (χ1v) is 7.61. The number of rotatable bonds is 3. The predicted molar refractivity (Wildman–Crippen MR) is 89.3 cm³/mol. The number of nitrogens with two attached hydrogens (primary N) is 1. The monoisotopic (exact) mass is 283 g/mol. The molecule has 111 valence electrons. The standard InChI is InChI=1S/C17H23N4/c1-13(2)8-11-21-16-12-14(18)6-7-15(16)19-17(21)20-9-4-3-5-10-20/h4,6-8,12H,3,5,9-11,18H2,1-2H3. The van der Waals surface area contributed by atoms with Crippen LogP contribution in [0.25, 0.3) is 11.0 Å². The van der Waals surface area contributed by atoms with Crippen molar-refractivity contribution in [2.24, 2.45) is 0 Å². The van der Waals surface area contributed by atoms with Crippen molar-refractivity contribution in [1.82, 2.24) is 9.55 Å². The van der Waals surface area contributed by atoms with Crippen LogP contribution in [0.2, 0.25) is 0 Å². The van der Waals surface area contributed by atoms with Crippen LogP contribution in [0.5, 0.6) is 0 Å². The Bertz CT molecular complexity index is 659. The third-order valence-electron chi connectivity index (χ3n) is 3.90. The SMILES string of the molecule is CC(C)=CCn1c(N2C[CH]CCC2)nc2ccc(N)cc21. The number of nitrogens with zero attached hydrogens (tertiary/aromatic N) is 3. The van der Waals surface area contributed by atoms with E-state index in [2.05, 4.69) is 35.8 Å². The van der Waals surface area contributed by atoms with E-state index in [0.717, 1.165) is 42.3 Å². The minimum Gasteiger partial charge on any atom is -0.399 e. The van der Waals surface area contributed by atoms with E-state index in [1.54, 1.807) is 0 Å². The van der Waals surface area contributed by atoms with Gasteiger partial charge in [0.15, 0.2) is 0 Å². The smallest absolute Gasteiger partial charge is 0.206 e. The van der Waals surface area contributed by atoms with E-state index >= 15 is 0 Å². The lowest BCUT2D eigenvalue weighted by Gasteiger charge is -2.28. The summed E-state index contributed by atoms with van der Waals surface area (Å²) < 4.78 is 2.28. The third-order valence-corrected chi connectivity index (χ3v) is 3.90. The van der Waals surface area contributed by atoms with Crippen LogP contribution in [-0.4, -0.2) is 22.6 Å². The van der Waals surface area contributed by atoms with Gasteiger partial charge in [-0.1, -0.05) is 11.6 Å². The minimum absolute atomic E-state index is 0.789. The van der Waals surface area contributed by atoms with Gasteiger partial charge in [0.05, 0.1) is 11.0 Å². The predicted octanol–water partition coefficient (Wildman–Crippen LogP) is 3.39. The molecule has 2 N–H and O–H groups in total. The van der Waals surface area contributed by atoms with E-state index in [1.807, 2.05) is 18.2 Å². The molecule has 1 radical (unpaired) electrons. The van der Waals surface area contributed by atoms with Gasteiger partial charge in [0.25, 0.3) is 0 Å². The Kier molecular flexibility index (Phi) is 3.86. The number of aromatic nitrogens is 2. The molecule has 1 aromatic carbocycles. The number of nitrogen functional groups attached to an aromatic ring is 1. The second kappa shape index (κ2) is 5.80. The summed E-state index contributed by atoms with van der Waals surface area (Å²) in [5, 5.41) is 0. The molecule has 0 unspecified atom stereocenters. The Morgan fingerprint density at radius 1 is 1.38 bits per heavy atom. The lowest BCUT2D eigenvalue weighted by molar-refractivity contribution is 0.641. The Morgan fingerprint density at radius 2 is 2.24 bits per heavy atom. The average Bonchev–Trinajstić information content (AvgIpc) is 2.84. The molecule has 1 aliphatic heterocycles. The summed E-state index contributed by atoms with van der Waals surface area (Å²) in [5.41, 5.74) is 10.2. The fraction of sp³-hybridized carbons (Fsp3) is 0.412. The first-order valence-electron chi connectivity index (χ1n) is 7.61. The molecule has 1 saturated heterocycles. The molecule has 0 spiro atoms. The summed E-state index contributed by atoms with van der Waals surface area (Å²) in [7, 11) is 0. The van der Waals surface area contributed by atoms with E-state index in [1.165, 1.54) is 18.4 Å². The Balaban J connectivity index is 2.08. The first-order chi connectivity index (χ1) is 10.1. The van der Waals surface area contributed by atoms with Gasteiger partial charge in [0, 0.05) is 25.3 Å². The molecular formula is C17H23N4. The second-order valence-corrected chi connectivity index (χ2v) is 5.93. The van der Waals surface area contributed by atoms with Gasteiger partial charge in [0.1, 0.15) is 0 Å². The Morgan fingerprint density at radius 3 is 2.95 bits per heavy atom. The van der Waals surface area contributed by atoms with Crippen LogP contribution >= 0.6 is 0 Å². The van der Waals surface area contributed by atoms with Crippen molar-refractivity contribution in [3.05, 3.63) is 36.3 Å². The van der Waals surface area contributed by atoms with E-state index in [-0.39, 0.29) is 0 Å². The zero-order valence-electron chi connectivity index (χ0n) is 12.8. The number of benzene rings is 1. The lowest BCUT2D eigenvalue weighted by Crippen LogP contribution is -2.32. The van der Waals surface area contributed by atoms with E-state index in [9.17, 15) is 0 Å². The van der Waals surface area contributed by atoms with E-state index in [0.29, 0.717) is 0 Å². The highest BCUT2D eigenvalue weighted by Crippen LogP contribution is 2.26. The van der Waals surface area contributed by atoms with Crippen molar-refractivity contribution in [3.8, 4) is 0 Å². The van der Waals surface area contributed by atoms with Crippen LogP contribution < -0.4 is 10.6 Å². The molecule has 4 heteroatoms. The maximum Gasteiger partial charge on any atom is 0.206 e. The number of hydrogen-bond donors (Lipinski definition) is 1. The average molecular weight is 283 g/mol. The summed E-state index contributed by atoms with van der Waals surface area (Å²) in [6, 6.07) is 5.96. The fourth-order valence-corrected chi connectivity index (χ4v) is 2.77. The zero-order chi connectivity index (χ0) is 14.8. The molecule has 1 fully saturated rings. The Hall–Kier alpha value is -1.97. The highest BCUT2D eigenvalue weighted by atomic mass is 15.3. The number of anilines is 2. The largest absolute Gasteiger partial charge is 0.399 e. The van der Waals surface area contributed by atoms with Gasteiger partial charge in [-0.3, -0.25) is 0 Å². The molecule has 0 saturated carbocycles. The van der Waals surface area contributed by atoms with Crippen LogP contribution in [0.15, 0.2) is 29.8 Å². The third kappa shape index (κ3) is 2.89. The van der Waals surface area contributed by atoms with Crippen molar-refractivity contribution in [2.75, 3.05) is 23.7 Å². The van der Waals surface area contributed by atoms with Gasteiger partial charge in [-0.2, -0.15) is 0 Å². The molecule has 2 aromatic rings. The molecule has 21 heavy (non-hydrogen) atoms. The van der Waals surface area contributed by atoms with E-state index < -0.39 is 0 Å². The van der Waals surface area contributed by atoms with Crippen molar-refractivity contribution >= 4 is 22.7 Å². The molecule has 0 atom stereocenters. The second-order valence-electron chi connectivity index (χ2n) is 5.93. The minimum atomic E-state index is 0.789. The number of piperidine rings is 1. The van der Waals surface area contributed by atoms with Gasteiger partial charge in [-0.15, -0.1) is 0 Å². The van der Waals surface area contributed by atoms with Crippen LogP contribution in [0.4, 0.5) is 11.6 Å². The quantitative estimate of drug-likeness (QED) is 0.694. The number of imidazole rings is 1. The molecule has 3 rings (SSSR count). The van der Waals surface area contributed by atoms with Crippen LogP contribution in [0.3, 0.4) is 0 Å². The first kappa shape index (κ1) is 14.0. The molecular weight excluding hydrogens is 260 g/mol. The van der Waals surface area contributed by atoms with Gasteiger partial charge in [-0.25, -0.2) is 4.98 Å². The van der Waals surface area contributed by atoms with Crippen LogP contribution in [0.1, 0.15) is 26.7 Å². The molecule has 0 bridgehead atoms. The molecule has 4 nitrogen and oxygen atoms in total. The number of fused-ring (bicyclic) bond motifs is 1. The summed E-state index contributed by atoms with van der Waals surface area (Å²) >= 11 is 0. The molecule has 1 aromatic heterocycles. The van der Waals surface area contributed by atoms with Gasteiger partial charge >= 0.3 is 0 Å². The van der Waals surface area contributed by atoms with Crippen molar-refractivity contribution in [3.63, 3.8) is 0 Å². The zero-order valence-corrected chi connectivity index (χ0v) is 12.8. The van der Waals surface area contributed by atoms with Gasteiger partial charge < -0.3 is 15.2 Å². The maximum absolute atomic E-state index is 5.96. The summed E-state index contributed by atoms with van der Waals surface area (Å²) in [4.78, 5) is 7.20. The van der Waals surface area contributed by atoms with Crippen molar-refractivity contribution < 1.29 is 0 Å². The van der Waals surface area contributed by atoms with Crippen LogP contribution in [0, 0.1) is 6.42 Å². The molecule has 0 aliphatic carbocycles. The highest BCUT2D eigenvalue weighted by molar-refractivity contribution is 5.82. The molecule has 0 amide bonds. The van der Waals surface area contributed by atoms with Crippen LogP contribution in [-0.2, 0) is 6.54 Å². The fourth-order valence-electron chi connectivity index (χ4n) is 2.77. The summed E-state index contributed by atoms with van der Waals surface area (Å²) in [6.07, 6.45) is 6.98. The van der Waals surface area contributed by atoms with Gasteiger partial charge in [-0.05, 0) is 51.3 Å². The normalized spacial score (nSPS) is 15.4. The highest BCUT2D eigenvalue weighted by Gasteiger charge is 2.18. The van der Waals surface area contributed by atoms with Crippen molar-refractivity contribution in [1.29, 1.82) is 0 Å². The molecule has 1 aliphatic rings. The van der Waals surface area contributed by atoms with E-state index in [4.69, 9.17) is 10.7 Å². The number of allylic oxidation sites excluding steroid dienone is 2. The number of hydrogen-bond acceptors (Lipinski definition) is 3. The van der Waals surface area contributed by atoms with Crippen molar-refractivity contribution in [2.45, 2.75) is 33.2 Å².